The highest BCUT2D eigenvalue weighted by Crippen LogP contribution is 2.39. The highest BCUT2D eigenvalue weighted by atomic mass is 19.4. The van der Waals surface area contributed by atoms with Gasteiger partial charge in [-0.25, -0.2) is 4.79 Å². The fourth-order valence-corrected chi connectivity index (χ4v) is 4.12. The predicted octanol–water partition coefficient (Wildman–Crippen LogP) is 3.73. The van der Waals surface area contributed by atoms with Gasteiger partial charge in [-0.2, -0.15) is 13.2 Å². The number of amides is 1. The van der Waals surface area contributed by atoms with Crippen molar-refractivity contribution in [2.75, 3.05) is 20.2 Å². The number of hydrogen-bond acceptors (Lipinski definition) is 5. The van der Waals surface area contributed by atoms with Crippen LogP contribution >= 0.6 is 0 Å². The molecule has 9 heteroatoms. The summed E-state index contributed by atoms with van der Waals surface area (Å²) >= 11 is 0. The lowest BCUT2D eigenvalue weighted by atomic mass is 9.91. The smallest absolute Gasteiger partial charge is 0.416 e. The highest BCUT2D eigenvalue weighted by Gasteiger charge is 2.49. The van der Waals surface area contributed by atoms with Crippen molar-refractivity contribution in [3.8, 4) is 0 Å². The van der Waals surface area contributed by atoms with E-state index in [4.69, 9.17) is 14.2 Å². The standard InChI is InChI=1S/C22H23F3N2O4/c1-29-20-19-18(16-9-5-6-10-17(16)22(23,24)25)26-11-15(31-19)12-27(20)21(28)30-13-14-7-3-2-4-8-14/h2-10,15,18-20,26H,11-13H2,1H3/t15?,18-,19?,20-/m1/s1. The molecule has 31 heavy (non-hydrogen) atoms. The normalized spacial score (nSPS) is 25.9. The van der Waals surface area contributed by atoms with Crippen molar-refractivity contribution in [3.05, 3.63) is 71.3 Å². The summed E-state index contributed by atoms with van der Waals surface area (Å²) in [6.45, 7) is 0.594. The van der Waals surface area contributed by atoms with Crippen LogP contribution in [0.15, 0.2) is 54.6 Å². The molecule has 0 radical (unpaired) electrons. The number of hydrogen-bond donors (Lipinski definition) is 1. The fraction of sp³-hybridized carbons (Fsp3) is 0.409. The SMILES string of the molecule is CO[C@@H]1C2OC(CN[C@@H]2c2ccccc2C(F)(F)F)CN1C(=O)OCc1ccccc1. The molecule has 2 fully saturated rings. The van der Waals surface area contributed by atoms with E-state index in [1.807, 2.05) is 30.3 Å². The van der Waals surface area contributed by atoms with Crippen molar-refractivity contribution in [3.63, 3.8) is 0 Å². The zero-order valence-electron chi connectivity index (χ0n) is 16.8. The highest BCUT2D eigenvalue weighted by molar-refractivity contribution is 5.68. The third-order valence-electron chi connectivity index (χ3n) is 5.51. The van der Waals surface area contributed by atoms with E-state index in [2.05, 4.69) is 5.32 Å². The second kappa shape index (κ2) is 8.86. The number of benzene rings is 2. The van der Waals surface area contributed by atoms with Crippen molar-refractivity contribution < 1.29 is 32.2 Å². The average molecular weight is 436 g/mol. The lowest BCUT2D eigenvalue weighted by Gasteiger charge is -2.49. The second-order valence-corrected chi connectivity index (χ2v) is 7.51. The molecule has 2 heterocycles. The molecule has 2 aliphatic rings. The van der Waals surface area contributed by atoms with Crippen LogP contribution in [0, 0.1) is 0 Å². The van der Waals surface area contributed by atoms with E-state index in [0.717, 1.165) is 11.6 Å². The lowest BCUT2D eigenvalue weighted by molar-refractivity contribution is -0.215. The van der Waals surface area contributed by atoms with Gasteiger partial charge in [-0.15, -0.1) is 0 Å². The van der Waals surface area contributed by atoms with Crippen molar-refractivity contribution in [1.29, 1.82) is 0 Å². The largest absolute Gasteiger partial charge is 0.444 e. The molecule has 2 aromatic rings. The minimum Gasteiger partial charge on any atom is -0.444 e. The van der Waals surface area contributed by atoms with Gasteiger partial charge in [-0.3, -0.25) is 4.90 Å². The minimum absolute atomic E-state index is 0.0556. The Hall–Kier alpha value is -2.62. The van der Waals surface area contributed by atoms with Crippen LogP contribution in [0.3, 0.4) is 0 Å². The van der Waals surface area contributed by atoms with Crippen LogP contribution < -0.4 is 5.32 Å². The van der Waals surface area contributed by atoms with E-state index in [-0.39, 0.29) is 24.8 Å². The monoisotopic (exact) mass is 436 g/mol. The number of halogens is 3. The number of nitrogens with one attached hydrogen (secondary N) is 1. The van der Waals surface area contributed by atoms with Crippen LogP contribution in [0.5, 0.6) is 0 Å². The van der Waals surface area contributed by atoms with E-state index in [0.29, 0.717) is 6.54 Å². The summed E-state index contributed by atoms with van der Waals surface area (Å²) in [6, 6.07) is 13.8. The summed E-state index contributed by atoms with van der Waals surface area (Å²) in [5.41, 5.74) is 0.144. The van der Waals surface area contributed by atoms with Crippen LogP contribution in [0.4, 0.5) is 18.0 Å². The number of morpholine rings is 2. The minimum atomic E-state index is -4.51. The van der Waals surface area contributed by atoms with Gasteiger partial charge in [0.2, 0.25) is 0 Å². The summed E-state index contributed by atoms with van der Waals surface area (Å²) < 4.78 is 57.7. The number of rotatable bonds is 4. The second-order valence-electron chi connectivity index (χ2n) is 7.51. The van der Waals surface area contributed by atoms with E-state index < -0.39 is 36.2 Å². The molecule has 2 aliphatic heterocycles. The molecule has 2 aromatic carbocycles. The summed E-state index contributed by atoms with van der Waals surface area (Å²) in [5, 5.41) is 3.15. The first-order chi connectivity index (χ1) is 14.9. The third-order valence-corrected chi connectivity index (χ3v) is 5.51. The van der Waals surface area contributed by atoms with E-state index in [1.54, 1.807) is 6.07 Å². The first-order valence-electron chi connectivity index (χ1n) is 9.93. The van der Waals surface area contributed by atoms with E-state index >= 15 is 0 Å². The molecule has 1 N–H and O–H groups in total. The zero-order chi connectivity index (χ0) is 22.0. The Morgan fingerprint density at radius 3 is 2.58 bits per heavy atom. The summed E-state index contributed by atoms with van der Waals surface area (Å²) in [5.74, 6) is 0. The Morgan fingerprint density at radius 2 is 1.87 bits per heavy atom. The van der Waals surface area contributed by atoms with E-state index in [9.17, 15) is 18.0 Å². The first kappa shape index (κ1) is 21.6. The fourth-order valence-electron chi connectivity index (χ4n) is 4.12. The topological polar surface area (TPSA) is 60.0 Å². The Balaban J connectivity index is 1.56. The molecular formula is C22H23F3N2O4. The molecule has 0 saturated carbocycles. The molecule has 4 rings (SSSR count). The molecule has 4 atom stereocenters. The lowest BCUT2D eigenvalue weighted by Crippen LogP contribution is -2.66. The number of fused-ring (bicyclic) bond motifs is 2. The Labute approximate surface area is 177 Å². The average Bonchev–Trinajstić information content (AvgIpc) is 2.77. The van der Waals surface area contributed by atoms with Gasteiger partial charge in [-0.1, -0.05) is 48.5 Å². The van der Waals surface area contributed by atoms with Gasteiger partial charge < -0.3 is 19.5 Å². The van der Waals surface area contributed by atoms with Crippen molar-refractivity contribution in [2.45, 2.75) is 37.3 Å². The quantitative estimate of drug-likeness (QED) is 0.792. The zero-order valence-corrected chi connectivity index (χ0v) is 16.8. The van der Waals surface area contributed by atoms with Gasteiger partial charge >= 0.3 is 12.3 Å². The van der Waals surface area contributed by atoms with Crippen LogP contribution in [0.2, 0.25) is 0 Å². The number of nitrogens with zero attached hydrogens (tertiary/aromatic N) is 1. The van der Waals surface area contributed by atoms with Crippen molar-refractivity contribution in [2.24, 2.45) is 0 Å². The van der Waals surface area contributed by atoms with Crippen LogP contribution in [0.1, 0.15) is 22.7 Å². The molecule has 2 unspecified atom stereocenters. The van der Waals surface area contributed by atoms with Gasteiger partial charge in [0.05, 0.1) is 24.3 Å². The number of carbonyl (C=O) groups excluding carboxylic acids is 1. The van der Waals surface area contributed by atoms with Gasteiger partial charge in [0.1, 0.15) is 12.7 Å². The molecule has 0 aromatic heterocycles. The van der Waals surface area contributed by atoms with Crippen LogP contribution in [-0.4, -0.2) is 49.6 Å². The van der Waals surface area contributed by atoms with Gasteiger partial charge in [-0.05, 0) is 17.2 Å². The Bertz CT molecular complexity index is 909. The molecule has 0 aliphatic carbocycles. The molecule has 0 spiro atoms. The van der Waals surface area contributed by atoms with Crippen molar-refractivity contribution >= 4 is 6.09 Å². The number of alkyl halides is 3. The van der Waals surface area contributed by atoms with Gasteiger partial charge in [0, 0.05) is 13.7 Å². The number of carbonyl (C=O) groups is 1. The summed E-state index contributed by atoms with van der Waals surface area (Å²) in [4.78, 5) is 14.2. The van der Waals surface area contributed by atoms with Crippen LogP contribution in [0.25, 0.3) is 0 Å². The summed E-state index contributed by atoms with van der Waals surface area (Å²) in [6.07, 6.45) is -7.22. The van der Waals surface area contributed by atoms with Gasteiger partial charge in [0.15, 0.2) is 6.23 Å². The summed E-state index contributed by atoms with van der Waals surface area (Å²) in [7, 11) is 1.40. The molecule has 1 amide bonds. The molecular weight excluding hydrogens is 413 g/mol. The molecule has 6 nitrogen and oxygen atoms in total. The molecule has 2 saturated heterocycles. The van der Waals surface area contributed by atoms with E-state index in [1.165, 1.54) is 24.1 Å². The van der Waals surface area contributed by atoms with Gasteiger partial charge in [0.25, 0.3) is 0 Å². The third kappa shape index (κ3) is 4.53. The maximum absolute atomic E-state index is 13.6. The molecule has 166 valence electrons. The van der Waals surface area contributed by atoms with Crippen LogP contribution in [-0.2, 0) is 27.0 Å². The Kier molecular flexibility index (Phi) is 6.17. The first-order valence-corrected chi connectivity index (χ1v) is 9.93. The maximum atomic E-state index is 13.6. The number of ether oxygens (including phenoxy) is 3. The molecule has 2 bridgehead atoms. The Morgan fingerprint density at radius 1 is 1.16 bits per heavy atom. The predicted molar refractivity (Wildman–Crippen MR) is 105 cm³/mol. The number of methoxy groups -OCH3 is 1. The van der Waals surface area contributed by atoms with Crippen molar-refractivity contribution in [1.82, 2.24) is 10.2 Å². The maximum Gasteiger partial charge on any atom is 0.416 e.